The van der Waals surface area contributed by atoms with Crippen LogP contribution < -0.4 is 4.74 Å². The van der Waals surface area contributed by atoms with Crippen molar-refractivity contribution in [2.24, 2.45) is 5.41 Å². The van der Waals surface area contributed by atoms with Crippen LogP contribution in [-0.2, 0) is 0 Å². The van der Waals surface area contributed by atoms with Crippen molar-refractivity contribution in [3.05, 3.63) is 23.0 Å². The van der Waals surface area contributed by atoms with Crippen LogP contribution in [0.3, 0.4) is 0 Å². The Bertz CT molecular complexity index is 608. The predicted molar refractivity (Wildman–Crippen MR) is 79.7 cm³/mol. The fourth-order valence-electron chi connectivity index (χ4n) is 4.18. The molecule has 3 nitrogen and oxygen atoms in total. The molecule has 134 valence electrons. The maximum Gasteiger partial charge on any atom is 0.387 e. The van der Waals surface area contributed by atoms with E-state index < -0.39 is 36.4 Å². The highest BCUT2D eigenvalue weighted by molar-refractivity contribution is 6.30. The molecule has 2 saturated carbocycles. The van der Waals surface area contributed by atoms with Gasteiger partial charge >= 0.3 is 6.61 Å². The minimum Gasteiger partial charge on any atom is -0.432 e. The van der Waals surface area contributed by atoms with Crippen molar-refractivity contribution in [1.29, 1.82) is 0 Å². The molecule has 2 fully saturated rings. The summed E-state index contributed by atoms with van der Waals surface area (Å²) in [5, 5.41) is 9.87. The van der Waals surface area contributed by atoms with Crippen LogP contribution in [0.4, 0.5) is 17.6 Å². The minimum absolute atomic E-state index is 0.275. The maximum atomic E-state index is 14.3. The van der Waals surface area contributed by atoms with Crippen molar-refractivity contribution in [2.75, 3.05) is 0 Å². The van der Waals surface area contributed by atoms with E-state index in [1.54, 1.807) is 0 Å². The van der Waals surface area contributed by atoms with Gasteiger partial charge in [0.15, 0.2) is 10.9 Å². The Kier molecular flexibility index (Phi) is 4.68. The first-order valence-corrected chi connectivity index (χ1v) is 8.28. The average Bonchev–Trinajstić information content (AvgIpc) is 2.95. The van der Waals surface area contributed by atoms with Gasteiger partial charge in [-0.15, -0.1) is 0 Å². The molecule has 3 rings (SSSR count). The van der Waals surface area contributed by atoms with Crippen LogP contribution in [0.15, 0.2) is 12.1 Å². The normalized spacial score (nSPS) is 28.5. The van der Waals surface area contributed by atoms with Gasteiger partial charge in [-0.25, -0.2) is 13.8 Å². The number of aliphatic hydroxyl groups excluding tert-OH is 1. The summed E-state index contributed by atoms with van der Waals surface area (Å²) >= 11 is 5.84. The van der Waals surface area contributed by atoms with Gasteiger partial charge in [-0.3, -0.25) is 0 Å². The number of aromatic nitrogens is 1. The zero-order valence-corrected chi connectivity index (χ0v) is 13.6. The quantitative estimate of drug-likeness (QED) is 0.618. The van der Waals surface area contributed by atoms with Crippen LogP contribution in [0, 0.1) is 5.41 Å². The molecule has 1 aromatic rings. The number of ether oxygens (including phenoxy) is 1. The Morgan fingerprint density at radius 3 is 2.46 bits per heavy atom. The van der Waals surface area contributed by atoms with Crippen molar-refractivity contribution in [3.63, 3.8) is 0 Å². The van der Waals surface area contributed by atoms with E-state index in [1.807, 2.05) is 0 Å². The van der Waals surface area contributed by atoms with Gasteiger partial charge in [0.25, 0.3) is 5.92 Å². The molecule has 0 amide bonds. The summed E-state index contributed by atoms with van der Waals surface area (Å²) in [6.45, 7) is -3.04. The molecule has 24 heavy (non-hydrogen) atoms. The van der Waals surface area contributed by atoms with Gasteiger partial charge in [-0.2, -0.15) is 8.78 Å². The molecule has 2 atom stereocenters. The Morgan fingerprint density at radius 1 is 1.21 bits per heavy atom. The average molecular weight is 368 g/mol. The van der Waals surface area contributed by atoms with E-state index in [1.165, 1.54) is 12.1 Å². The van der Waals surface area contributed by atoms with Gasteiger partial charge in [0.2, 0.25) is 0 Å². The molecule has 8 heteroatoms. The standard InChI is InChI=1S/C16H18ClF4NO2/c17-12-11(24-14(18)19)4-3-10(22-12)9-7-15(5-1-2-6-15)13(23)16(20,21)8-9/h3-4,9,13-14,23H,1-2,5-8H2/t9-,13-/m1/s1. The van der Waals surface area contributed by atoms with Gasteiger partial charge in [0.05, 0.1) is 0 Å². The monoisotopic (exact) mass is 367 g/mol. The van der Waals surface area contributed by atoms with E-state index >= 15 is 0 Å². The molecular weight excluding hydrogens is 350 g/mol. The fourth-order valence-corrected chi connectivity index (χ4v) is 4.38. The van der Waals surface area contributed by atoms with Crippen LogP contribution >= 0.6 is 11.6 Å². The van der Waals surface area contributed by atoms with E-state index in [9.17, 15) is 22.7 Å². The zero-order chi connectivity index (χ0) is 17.5. The number of alkyl halides is 4. The van der Waals surface area contributed by atoms with Gasteiger partial charge in [0, 0.05) is 23.4 Å². The molecule has 0 aliphatic heterocycles. The molecule has 2 aliphatic carbocycles. The van der Waals surface area contributed by atoms with Crippen LogP contribution in [0.5, 0.6) is 5.75 Å². The third-order valence-corrected chi connectivity index (χ3v) is 5.49. The molecule has 2 aliphatic rings. The Hall–Kier alpha value is -1.08. The summed E-state index contributed by atoms with van der Waals surface area (Å²) in [6.07, 6.45) is 0.947. The molecule has 0 saturated heterocycles. The number of halogens is 5. The van der Waals surface area contributed by atoms with E-state index in [2.05, 4.69) is 9.72 Å². The lowest BCUT2D eigenvalue weighted by molar-refractivity contribution is -0.192. The summed E-state index contributed by atoms with van der Waals surface area (Å²) < 4.78 is 57.4. The van der Waals surface area contributed by atoms with Crippen molar-refractivity contribution in [3.8, 4) is 5.75 Å². The van der Waals surface area contributed by atoms with Gasteiger partial charge in [0.1, 0.15) is 6.10 Å². The Labute approximate surface area is 142 Å². The first-order valence-electron chi connectivity index (χ1n) is 7.91. The van der Waals surface area contributed by atoms with Crippen molar-refractivity contribution < 1.29 is 27.4 Å². The van der Waals surface area contributed by atoms with Gasteiger partial charge in [-0.1, -0.05) is 24.4 Å². The second kappa shape index (κ2) is 6.33. The first-order chi connectivity index (χ1) is 11.2. The van der Waals surface area contributed by atoms with E-state index in [0.717, 1.165) is 12.8 Å². The van der Waals surface area contributed by atoms with E-state index in [4.69, 9.17) is 11.6 Å². The number of aliphatic hydroxyl groups is 1. The largest absolute Gasteiger partial charge is 0.432 e. The molecule has 0 aromatic carbocycles. The molecule has 0 radical (unpaired) electrons. The smallest absolute Gasteiger partial charge is 0.387 e. The highest BCUT2D eigenvalue weighted by Gasteiger charge is 2.58. The molecule has 1 N–H and O–H groups in total. The van der Waals surface area contributed by atoms with Crippen LogP contribution in [0.1, 0.15) is 50.1 Å². The highest BCUT2D eigenvalue weighted by Crippen LogP contribution is 2.57. The van der Waals surface area contributed by atoms with E-state index in [0.29, 0.717) is 25.0 Å². The molecule has 1 heterocycles. The summed E-state index contributed by atoms with van der Waals surface area (Å²) in [7, 11) is 0. The molecule has 1 spiro atoms. The number of pyridine rings is 1. The molecule has 1 aromatic heterocycles. The summed E-state index contributed by atoms with van der Waals surface area (Å²) in [5.74, 6) is -4.08. The van der Waals surface area contributed by atoms with Gasteiger partial charge < -0.3 is 9.84 Å². The molecular formula is C16H18ClF4NO2. The predicted octanol–water partition coefficient (Wildman–Crippen LogP) is 4.77. The lowest BCUT2D eigenvalue weighted by Crippen LogP contribution is -2.51. The molecule has 0 bridgehead atoms. The summed E-state index contributed by atoms with van der Waals surface area (Å²) in [5.41, 5.74) is -0.488. The minimum atomic E-state index is -3.21. The Balaban J connectivity index is 1.87. The Morgan fingerprint density at radius 2 is 1.88 bits per heavy atom. The first kappa shape index (κ1) is 17.7. The third kappa shape index (κ3) is 3.20. The molecule has 0 unspecified atom stereocenters. The highest BCUT2D eigenvalue weighted by atomic mass is 35.5. The summed E-state index contributed by atoms with van der Waals surface area (Å²) in [4.78, 5) is 3.99. The van der Waals surface area contributed by atoms with E-state index in [-0.39, 0.29) is 10.9 Å². The van der Waals surface area contributed by atoms with Crippen LogP contribution in [0.2, 0.25) is 5.15 Å². The van der Waals surface area contributed by atoms with Crippen LogP contribution in [-0.4, -0.2) is 28.7 Å². The maximum absolute atomic E-state index is 14.3. The van der Waals surface area contributed by atoms with Crippen LogP contribution in [0.25, 0.3) is 0 Å². The SMILES string of the molecule is O[C@H]1C(F)(F)C[C@H](c2ccc(OC(F)F)c(Cl)n2)CC12CCCC2. The topological polar surface area (TPSA) is 42.4 Å². The van der Waals surface area contributed by atoms with Crippen molar-refractivity contribution in [2.45, 2.75) is 63.1 Å². The second-order valence-electron chi connectivity index (χ2n) is 6.74. The van der Waals surface area contributed by atoms with Crippen molar-refractivity contribution in [1.82, 2.24) is 4.98 Å². The zero-order valence-electron chi connectivity index (χ0n) is 12.8. The second-order valence-corrected chi connectivity index (χ2v) is 7.10. The lowest BCUT2D eigenvalue weighted by atomic mass is 9.64. The fraction of sp³-hybridized carbons (Fsp3) is 0.688. The number of rotatable bonds is 3. The number of hydrogen-bond donors (Lipinski definition) is 1. The summed E-state index contributed by atoms with van der Waals surface area (Å²) in [6, 6.07) is 2.62. The lowest BCUT2D eigenvalue weighted by Gasteiger charge is -2.46. The van der Waals surface area contributed by atoms with Gasteiger partial charge in [-0.05, 0) is 31.4 Å². The van der Waals surface area contributed by atoms with Crippen molar-refractivity contribution >= 4 is 11.6 Å². The number of nitrogens with zero attached hydrogens (tertiary/aromatic N) is 1. The number of hydrogen-bond acceptors (Lipinski definition) is 3. The third-order valence-electron chi connectivity index (χ3n) is 5.22.